The first-order chi connectivity index (χ1) is 13.8. The molecule has 1 N–H and O–H groups in total. The normalized spacial score (nSPS) is 17.0. The van der Waals surface area contributed by atoms with Crippen molar-refractivity contribution in [2.75, 3.05) is 11.9 Å². The molecule has 1 saturated heterocycles. The Morgan fingerprint density at radius 3 is 2.79 bits per heavy atom. The van der Waals surface area contributed by atoms with E-state index < -0.39 is 0 Å². The van der Waals surface area contributed by atoms with E-state index in [2.05, 4.69) is 20.3 Å². The number of piperidine rings is 1. The van der Waals surface area contributed by atoms with E-state index in [1.165, 1.54) is 11.3 Å². The number of nitrogens with one attached hydrogen (secondary N) is 1. The molecule has 3 aromatic rings. The van der Waals surface area contributed by atoms with Crippen molar-refractivity contribution in [1.82, 2.24) is 19.9 Å². The number of amides is 1. The van der Waals surface area contributed by atoms with E-state index in [4.69, 9.17) is 0 Å². The summed E-state index contributed by atoms with van der Waals surface area (Å²) >= 11 is 1.50. The number of hydrogen-bond donors (Lipinski definition) is 1. The third-order valence-corrected chi connectivity index (χ3v) is 5.43. The lowest BCUT2D eigenvalue weighted by atomic mass is 9.99. The molecule has 0 aliphatic carbocycles. The molecule has 0 spiro atoms. The fourth-order valence-corrected chi connectivity index (χ4v) is 4.04. The number of carbonyl (C=O) groups excluding carboxylic acids is 1. The standard InChI is InChI=1S/C21H21N5OS/c27-19(11-10-16-7-2-1-3-8-16)26-14-5-4-9-18(26)17-15-28-21(24-17)25-20-22-12-6-13-23-20/h1-3,6-8,10-13,15,18H,4-5,9,14H2,(H,22,23,24,25)/b11-10+/t18-/m1/s1. The molecule has 3 heterocycles. The van der Waals surface area contributed by atoms with Gasteiger partial charge in [-0.1, -0.05) is 30.3 Å². The molecule has 142 valence electrons. The zero-order valence-corrected chi connectivity index (χ0v) is 16.2. The third-order valence-electron chi connectivity index (χ3n) is 4.65. The van der Waals surface area contributed by atoms with Gasteiger partial charge in [-0.3, -0.25) is 4.79 Å². The third kappa shape index (κ3) is 4.43. The Bertz CT molecular complexity index is 942. The quantitative estimate of drug-likeness (QED) is 0.651. The van der Waals surface area contributed by atoms with Crippen LogP contribution in [-0.2, 0) is 4.79 Å². The highest BCUT2D eigenvalue weighted by Gasteiger charge is 2.28. The van der Waals surface area contributed by atoms with Gasteiger partial charge in [0.15, 0.2) is 5.13 Å². The van der Waals surface area contributed by atoms with Crippen LogP contribution < -0.4 is 5.32 Å². The molecule has 0 bridgehead atoms. The Labute approximate surface area is 168 Å². The Morgan fingerprint density at radius 1 is 1.14 bits per heavy atom. The first-order valence-corrected chi connectivity index (χ1v) is 10.2. The van der Waals surface area contributed by atoms with E-state index in [1.807, 2.05) is 46.7 Å². The lowest BCUT2D eigenvalue weighted by Gasteiger charge is -2.34. The van der Waals surface area contributed by atoms with Gasteiger partial charge in [0, 0.05) is 30.4 Å². The Balaban J connectivity index is 1.48. The summed E-state index contributed by atoms with van der Waals surface area (Å²) in [6, 6.07) is 11.6. The topological polar surface area (TPSA) is 71.0 Å². The summed E-state index contributed by atoms with van der Waals surface area (Å²) in [6.45, 7) is 0.755. The molecule has 7 heteroatoms. The van der Waals surface area contributed by atoms with Crippen LogP contribution >= 0.6 is 11.3 Å². The fourth-order valence-electron chi connectivity index (χ4n) is 3.29. The summed E-state index contributed by atoms with van der Waals surface area (Å²) in [4.78, 5) is 27.8. The molecule has 2 aromatic heterocycles. The number of carbonyl (C=O) groups is 1. The van der Waals surface area contributed by atoms with E-state index >= 15 is 0 Å². The van der Waals surface area contributed by atoms with Gasteiger partial charge in [-0.05, 0) is 37.0 Å². The second-order valence-corrected chi connectivity index (χ2v) is 7.42. The van der Waals surface area contributed by atoms with E-state index in [-0.39, 0.29) is 11.9 Å². The number of likely N-dealkylation sites (tertiary alicyclic amines) is 1. The zero-order valence-electron chi connectivity index (χ0n) is 15.4. The van der Waals surface area contributed by atoms with Crippen LogP contribution in [0.5, 0.6) is 0 Å². The maximum atomic E-state index is 12.8. The molecule has 1 atom stereocenters. The van der Waals surface area contributed by atoms with Gasteiger partial charge in [-0.2, -0.15) is 0 Å². The first kappa shape index (κ1) is 18.3. The van der Waals surface area contributed by atoms with Gasteiger partial charge < -0.3 is 10.2 Å². The summed E-state index contributed by atoms with van der Waals surface area (Å²) in [5, 5.41) is 5.87. The Kier molecular flexibility index (Phi) is 5.72. The van der Waals surface area contributed by atoms with Crippen LogP contribution in [-0.4, -0.2) is 32.3 Å². The van der Waals surface area contributed by atoms with Gasteiger partial charge in [0.1, 0.15) is 0 Å². The number of aromatic nitrogens is 3. The Morgan fingerprint density at radius 2 is 1.96 bits per heavy atom. The predicted molar refractivity (Wildman–Crippen MR) is 111 cm³/mol. The highest BCUT2D eigenvalue weighted by molar-refractivity contribution is 7.13. The van der Waals surface area contributed by atoms with Crippen LogP contribution in [0.25, 0.3) is 6.08 Å². The number of thiazole rings is 1. The number of nitrogens with zero attached hydrogens (tertiary/aromatic N) is 4. The summed E-state index contributed by atoms with van der Waals surface area (Å²) in [6.07, 6.45) is 9.95. The highest BCUT2D eigenvalue weighted by atomic mass is 32.1. The van der Waals surface area contributed by atoms with Crippen molar-refractivity contribution in [2.24, 2.45) is 0 Å². The van der Waals surface area contributed by atoms with Crippen molar-refractivity contribution in [2.45, 2.75) is 25.3 Å². The lowest BCUT2D eigenvalue weighted by molar-refractivity contribution is -0.129. The van der Waals surface area contributed by atoms with Crippen molar-refractivity contribution in [3.05, 3.63) is 71.5 Å². The minimum Gasteiger partial charge on any atom is -0.331 e. The SMILES string of the molecule is O=C(/C=C/c1ccccc1)N1CCCC[C@@H]1c1csc(Nc2ncccn2)n1. The maximum absolute atomic E-state index is 12.8. The molecule has 1 aliphatic rings. The van der Waals surface area contributed by atoms with Crippen LogP contribution in [0.15, 0.2) is 60.2 Å². The van der Waals surface area contributed by atoms with Crippen LogP contribution in [0.3, 0.4) is 0 Å². The largest absolute Gasteiger partial charge is 0.331 e. The summed E-state index contributed by atoms with van der Waals surface area (Å²) in [5.41, 5.74) is 1.94. The maximum Gasteiger partial charge on any atom is 0.247 e. The summed E-state index contributed by atoms with van der Waals surface area (Å²) in [5.74, 6) is 0.549. The molecule has 28 heavy (non-hydrogen) atoms. The minimum absolute atomic E-state index is 0.00478. The van der Waals surface area contributed by atoms with Gasteiger partial charge in [0.05, 0.1) is 11.7 Å². The van der Waals surface area contributed by atoms with Crippen LogP contribution in [0, 0.1) is 0 Å². The predicted octanol–water partition coefficient (Wildman–Crippen LogP) is 4.44. The molecular formula is C21H21N5OS. The molecule has 4 rings (SSSR count). The number of rotatable bonds is 5. The fraction of sp³-hybridized carbons (Fsp3) is 0.238. The van der Waals surface area contributed by atoms with E-state index in [9.17, 15) is 4.79 Å². The van der Waals surface area contributed by atoms with Crippen LogP contribution in [0.1, 0.15) is 36.6 Å². The number of benzene rings is 1. The van der Waals surface area contributed by atoms with Gasteiger partial charge in [-0.25, -0.2) is 15.0 Å². The van der Waals surface area contributed by atoms with E-state index in [1.54, 1.807) is 24.5 Å². The molecule has 0 unspecified atom stereocenters. The van der Waals surface area contributed by atoms with E-state index in [0.29, 0.717) is 5.95 Å². The highest BCUT2D eigenvalue weighted by Crippen LogP contribution is 2.33. The number of hydrogen-bond acceptors (Lipinski definition) is 6. The smallest absolute Gasteiger partial charge is 0.247 e. The molecule has 0 radical (unpaired) electrons. The molecule has 1 aliphatic heterocycles. The molecule has 1 aromatic carbocycles. The minimum atomic E-state index is 0.00478. The van der Waals surface area contributed by atoms with Gasteiger partial charge in [0.2, 0.25) is 11.9 Å². The van der Waals surface area contributed by atoms with Gasteiger partial charge in [0.25, 0.3) is 0 Å². The van der Waals surface area contributed by atoms with Gasteiger partial charge in [-0.15, -0.1) is 11.3 Å². The van der Waals surface area contributed by atoms with Crippen LogP contribution in [0.4, 0.5) is 11.1 Å². The Hall–Kier alpha value is -3.06. The van der Waals surface area contributed by atoms with Crippen molar-refractivity contribution in [3.8, 4) is 0 Å². The second-order valence-electron chi connectivity index (χ2n) is 6.56. The zero-order chi connectivity index (χ0) is 19.2. The second kappa shape index (κ2) is 8.75. The average Bonchev–Trinajstić information content (AvgIpc) is 3.22. The molecule has 6 nitrogen and oxygen atoms in total. The van der Waals surface area contributed by atoms with Crippen molar-refractivity contribution in [3.63, 3.8) is 0 Å². The van der Waals surface area contributed by atoms with Crippen LogP contribution in [0.2, 0.25) is 0 Å². The van der Waals surface area contributed by atoms with E-state index in [0.717, 1.165) is 42.2 Å². The molecule has 1 amide bonds. The van der Waals surface area contributed by atoms with Crippen molar-refractivity contribution < 1.29 is 4.79 Å². The van der Waals surface area contributed by atoms with Crippen molar-refractivity contribution >= 4 is 34.4 Å². The first-order valence-electron chi connectivity index (χ1n) is 9.33. The van der Waals surface area contributed by atoms with Crippen molar-refractivity contribution in [1.29, 1.82) is 0 Å². The monoisotopic (exact) mass is 391 g/mol. The molecular weight excluding hydrogens is 370 g/mol. The lowest BCUT2D eigenvalue weighted by Crippen LogP contribution is -2.37. The van der Waals surface area contributed by atoms with Gasteiger partial charge >= 0.3 is 0 Å². The molecule has 0 saturated carbocycles. The summed E-state index contributed by atoms with van der Waals surface area (Å²) < 4.78 is 0. The average molecular weight is 392 g/mol. The summed E-state index contributed by atoms with van der Waals surface area (Å²) in [7, 11) is 0. The number of anilines is 2. The molecule has 1 fully saturated rings.